The molecule has 0 unspecified atom stereocenters. The van der Waals surface area contributed by atoms with Crippen LogP contribution in [0.2, 0.25) is 0 Å². The Hall–Kier alpha value is -1.63. The van der Waals surface area contributed by atoms with E-state index in [1.54, 1.807) is 12.1 Å². The van der Waals surface area contributed by atoms with Crippen LogP contribution in [-0.2, 0) is 4.79 Å². The highest BCUT2D eigenvalue weighted by atomic mass is 32.2. The number of carboxylic acid groups (broad SMARTS) is 1. The molecule has 7 heteroatoms. The summed E-state index contributed by atoms with van der Waals surface area (Å²) in [5.74, 6) is -4.34. The molecule has 0 bridgehead atoms. The van der Waals surface area contributed by atoms with Crippen LogP contribution < -0.4 is 5.32 Å². The van der Waals surface area contributed by atoms with E-state index in [0.29, 0.717) is 31.0 Å². The Bertz CT molecular complexity index is 539. The molecule has 21 heavy (non-hydrogen) atoms. The van der Waals surface area contributed by atoms with Crippen molar-refractivity contribution in [2.24, 2.45) is 5.92 Å². The molecule has 2 N–H and O–H groups in total. The molecule has 0 aliphatic heterocycles. The number of thioether (sulfide) groups is 1. The fourth-order valence-corrected chi connectivity index (χ4v) is 3.09. The summed E-state index contributed by atoms with van der Waals surface area (Å²) >= 11 is 0.328. The average molecular weight is 315 g/mol. The van der Waals surface area contributed by atoms with Crippen LogP contribution in [0.4, 0.5) is 8.78 Å². The van der Waals surface area contributed by atoms with Gasteiger partial charge in [-0.25, -0.2) is 0 Å². The van der Waals surface area contributed by atoms with Crippen LogP contribution in [0.5, 0.6) is 0 Å². The Labute approximate surface area is 124 Å². The Balaban J connectivity index is 2.02. The van der Waals surface area contributed by atoms with E-state index in [-0.39, 0.29) is 16.5 Å². The Morgan fingerprint density at radius 1 is 1.29 bits per heavy atom. The molecule has 0 spiro atoms. The second-order valence-corrected chi connectivity index (χ2v) is 5.93. The number of carbonyl (C=O) groups is 2. The second-order valence-electron chi connectivity index (χ2n) is 4.89. The normalized spacial score (nSPS) is 21.5. The van der Waals surface area contributed by atoms with Crippen molar-refractivity contribution in [3.05, 3.63) is 29.8 Å². The number of aliphatic carboxylic acids is 1. The van der Waals surface area contributed by atoms with Gasteiger partial charge in [0.05, 0.1) is 11.5 Å². The Kier molecular flexibility index (Phi) is 5.17. The van der Waals surface area contributed by atoms with Crippen LogP contribution in [0, 0.1) is 5.92 Å². The van der Waals surface area contributed by atoms with Gasteiger partial charge in [0.2, 0.25) is 0 Å². The van der Waals surface area contributed by atoms with Gasteiger partial charge in [-0.1, -0.05) is 23.9 Å². The van der Waals surface area contributed by atoms with Crippen LogP contribution in [-0.4, -0.2) is 28.8 Å². The van der Waals surface area contributed by atoms with Crippen LogP contribution in [0.25, 0.3) is 0 Å². The number of amides is 1. The minimum atomic E-state index is -2.60. The van der Waals surface area contributed by atoms with E-state index in [9.17, 15) is 18.4 Å². The summed E-state index contributed by atoms with van der Waals surface area (Å²) in [4.78, 5) is 23.3. The summed E-state index contributed by atoms with van der Waals surface area (Å²) < 4.78 is 24.9. The van der Waals surface area contributed by atoms with Gasteiger partial charge in [0.15, 0.2) is 0 Å². The third-order valence-corrected chi connectivity index (χ3v) is 4.25. The van der Waals surface area contributed by atoms with Crippen molar-refractivity contribution in [3.8, 4) is 0 Å². The van der Waals surface area contributed by atoms with E-state index >= 15 is 0 Å². The van der Waals surface area contributed by atoms with Gasteiger partial charge in [-0.05, 0) is 31.4 Å². The minimum absolute atomic E-state index is 0.196. The molecular formula is C14H15F2NO3S. The molecule has 0 radical (unpaired) electrons. The highest BCUT2D eigenvalue weighted by Gasteiger charge is 2.31. The van der Waals surface area contributed by atoms with Crippen LogP contribution in [0.3, 0.4) is 0 Å². The van der Waals surface area contributed by atoms with Gasteiger partial charge in [0.25, 0.3) is 11.7 Å². The number of carboxylic acids is 1. The Morgan fingerprint density at radius 2 is 2.00 bits per heavy atom. The van der Waals surface area contributed by atoms with Gasteiger partial charge < -0.3 is 10.4 Å². The number of benzene rings is 1. The zero-order valence-corrected chi connectivity index (χ0v) is 11.9. The lowest BCUT2D eigenvalue weighted by molar-refractivity contribution is -0.141. The van der Waals surface area contributed by atoms with Gasteiger partial charge in [0, 0.05) is 10.9 Å². The summed E-state index contributed by atoms with van der Waals surface area (Å²) in [5, 5.41) is 11.7. The van der Waals surface area contributed by atoms with E-state index < -0.39 is 23.6 Å². The summed E-state index contributed by atoms with van der Waals surface area (Å²) in [6.07, 6.45) is 1.49. The standard InChI is InChI=1S/C14H15F2NO3S/c15-14(16)21-11-4-2-1-3-10(11)12(18)17-9-6-5-8(7-9)13(19)20/h1-4,8-9,14H,5-7H2,(H,17,18)(H,19,20)/t8-,9+/m1/s1. The number of hydrogen-bond donors (Lipinski definition) is 2. The van der Waals surface area contributed by atoms with Gasteiger partial charge in [-0.15, -0.1) is 0 Å². The number of rotatable bonds is 5. The average Bonchev–Trinajstić information content (AvgIpc) is 2.87. The SMILES string of the molecule is O=C(N[C@H]1CC[C@@H](C(=O)O)C1)c1ccccc1SC(F)F. The molecule has 2 rings (SSSR count). The summed E-state index contributed by atoms with van der Waals surface area (Å²) in [7, 11) is 0. The zero-order chi connectivity index (χ0) is 15.4. The molecule has 1 saturated carbocycles. The molecule has 0 heterocycles. The van der Waals surface area contributed by atoms with Crippen LogP contribution in [0.15, 0.2) is 29.2 Å². The monoisotopic (exact) mass is 315 g/mol. The quantitative estimate of drug-likeness (QED) is 0.820. The largest absolute Gasteiger partial charge is 0.481 e. The van der Waals surface area contributed by atoms with E-state index in [1.165, 1.54) is 12.1 Å². The molecule has 1 aromatic carbocycles. The number of alkyl halides is 2. The third-order valence-electron chi connectivity index (χ3n) is 3.46. The van der Waals surface area contributed by atoms with Crippen LogP contribution in [0.1, 0.15) is 29.6 Å². The third kappa shape index (κ3) is 4.17. The zero-order valence-electron chi connectivity index (χ0n) is 11.1. The first-order valence-electron chi connectivity index (χ1n) is 6.55. The van der Waals surface area contributed by atoms with Crippen molar-refractivity contribution < 1.29 is 23.5 Å². The first kappa shape index (κ1) is 15.8. The van der Waals surface area contributed by atoms with Gasteiger partial charge in [-0.3, -0.25) is 9.59 Å². The van der Waals surface area contributed by atoms with Crippen molar-refractivity contribution in [2.45, 2.75) is 36.0 Å². The van der Waals surface area contributed by atoms with Crippen molar-refractivity contribution in [1.82, 2.24) is 5.32 Å². The molecule has 0 saturated heterocycles. The number of hydrogen-bond acceptors (Lipinski definition) is 3. The van der Waals surface area contributed by atoms with E-state index in [1.807, 2.05) is 0 Å². The number of nitrogens with one attached hydrogen (secondary N) is 1. The van der Waals surface area contributed by atoms with Gasteiger partial charge in [0.1, 0.15) is 0 Å². The molecule has 2 atom stereocenters. The molecule has 1 aliphatic carbocycles. The number of halogens is 2. The van der Waals surface area contributed by atoms with Crippen molar-refractivity contribution in [1.29, 1.82) is 0 Å². The van der Waals surface area contributed by atoms with Crippen LogP contribution >= 0.6 is 11.8 Å². The molecule has 1 amide bonds. The van der Waals surface area contributed by atoms with Crippen molar-refractivity contribution >= 4 is 23.6 Å². The lowest BCUT2D eigenvalue weighted by Gasteiger charge is -2.14. The maximum Gasteiger partial charge on any atom is 0.306 e. The second kappa shape index (κ2) is 6.89. The highest BCUT2D eigenvalue weighted by molar-refractivity contribution is 7.99. The molecule has 1 aromatic rings. The van der Waals surface area contributed by atoms with E-state index in [2.05, 4.69) is 5.32 Å². The summed E-state index contributed by atoms with van der Waals surface area (Å²) in [6.45, 7) is 0. The predicted molar refractivity (Wildman–Crippen MR) is 74.5 cm³/mol. The first-order chi connectivity index (χ1) is 9.97. The summed E-state index contributed by atoms with van der Waals surface area (Å²) in [6, 6.07) is 5.95. The van der Waals surface area contributed by atoms with Crippen molar-refractivity contribution in [3.63, 3.8) is 0 Å². The molecule has 114 valence electrons. The smallest absolute Gasteiger partial charge is 0.306 e. The Morgan fingerprint density at radius 3 is 2.62 bits per heavy atom. The topological polar surface area (TPSA) is 66.4 Å². The molecule has 4 nitrogen and oxygen atoms in total. The van der Waals surface area contributed by atoms with E-state index in [4.69, 9.17) is 5.11 Å². The predicted octanol–water partition coefficient (Wildman–Crippen LogP) is 2.98. The maximum absolute atomic E-state index is 12.5. The lowest BCUT2D eigenvalue weighted by Crippen LogP contribution is -2.33. The molecule has 0 aromatic heterocycles. The maximum atomic E-state index is 12.5. The fraction of sp³-hybridized carbons (Fsp3) is 0.429. The van der Waals surface area contributed by atoms with Gasteiger partial charge >= 0.3 is 5.97 Å². The minimum Gasteiger partial charge on any atom is -0.481 e. The van der Waals surface area contributed by atoms with E-state index in [0.717, 1.165) is 0 Å². The molecular weight excluding hydrogens is 300 g/mol. The van der Waals surface area contributed by atoms with Gasteiger partial charge in [-0.2, -0.15) is 8.78 Å². The lowest BCUT2D eigenvalue weighted by atomic mass is 10.1. The molecule has 1 fully saturated rings. The molecule has 1 aliphatic rings. The first-order valence-corrected chi connectivity index (χ1v) is 7.43. The highest BCUT2D eigenvalue weighted by Crippen LogP contribution is 2.29. The van der Waals surface area contributed by atoms with Crippen molar-refractivity contribution in [2.75, 3.05) is 0 Å². The summed E-state index contributed by atoms with van der Waals surface area (Å²) in [5.41, 5.74) is 0.196. The fourth-order valence-electron chi connectivity index (χ4n) is 2.45. The number of carbonyl (C=O) groups excluding carboxylic acids is 1.